The topological polar surface area (TPSA) is 69.6 Å². The van der Waals surface area contributed by atoms with E-state index in [2.05, 4.69) is 26.1 Å². The number of nitrogens with one attached hydrogen (secondary N) is 1. The van der Waals surface area contributed by atoms with Gasteiger partial charge < -0.3 is 15.3 Å². The Kier molecular flexibility index (Phi) is 5.97. The highest BCUT2D eigenvalue weighted by Gasteiger charge is 2.29. The fraction of sp³-hybridized carbons (Fsp3) is 0.529. The SMILES string of the molecule is Cc1ccccc1C(NC(=O)N(C)CCC(=O)O)C(C)(C)C. The molecule has 1 aromatic rings. The third-order valence-electron chi connectivity index (χ3n) is 3.64. The number of carbonyl (C=O) groups is 2. The molecule has 0 bridgehead atoms. The standard InChI is InChI=1S/C17H26N2O3/c1-12-8-6-7-9-13(12)15(17(2,3)4)18-16(22)19(5)11-10-14(20)21/h6-9,15H,10-11H2,1-5H3,(H,18,22)(H,20,21). The zero-order valence-corrected chi connectivity index (χ0v) is 14.0. The molecular weight excluding hydrogens is 280 g/mol. The van der Waals surface area contributed by atoms with Gasteiger partial charge in [0.05, 0.1) is 12.5 Å². The first-order valence-corrected chi connectivity index (χ1v) is 7.42. The summed E-state index contributed by atoms with van der Waals surface area (Å²) in [6.45, 7) is 8.42. The Morgan fingerprint density at radius 3 is 2.36 bits per heavy atom. The number of urea groups is 1. The molecule has 5 nitrogen and oxygen atoms in total. The molecule has 0 heterocycles. The van der Waals surface area contributed by atoms with Gasteiger partial charge in [0.15, 0.2) is 0 Å². The van der Waals surface area contributed by atoms with E-state index in [9.17, 15) is 9.59 Å². The Balaban J connectivity index is 2.90. The van der Waals surface area contributed by atoms with Gasteiger partial charge in [-0.3, -0.25) is 4.79 Å². The summed E-state index contributed by atoms with van der Waals surface area (Å²) in [6.07, 6.45) is -0.0610. The second-order valence-corrected chi connectivity index (χ2v) is 6.67. The molecule has 1 rings (SSSR count). The van der Waals surface area contributed by atoms with Crippen molar-refractivity contribution in [3.63, 3.8) is 0 Å². The molecule has 1 aromatic carbocycles. The number of rotatable bonds is 5. The number of nitrogens with zero attached hydrogens (tertiary/aromatic N) is 1. The maximum atomic E-state index is 12.3. The van der Waals surface area contributed by atoms with Crippen LogP contribution in [0, 0.1) is 12.3 Å². The van der Waals surface area contributed by atoms with Crippen LogP contribution in [0.25, 0.3) is 0 Å². The van der Waals surface area contributed by atoms with Crippen LogP contribution in [0.15, 0.2) is 24.3 Å². The Labute approximate surface area is 132 Å². The normalized spacial score (nSPS) is 12.6. The van der Waals surface area contributed by atoms with Gasteiger partial charge in [-0.05, 0) is 23.5 Å². The summed E-state index contributed by atoms with van der Waals surface area (Å²) < 4.78 is 0. The average Bonchev–Trinajstić information content (AvgIpc) is 2.41. The summed E-state index contributed by atoms with van der Waals surface area (Å²) in [5.41, 5.74) is 2.04. The third kappa shape index (κ3) is 5.06. The van der Waals surface area contributed by atoms with E-state index in [4.69, 9.17) is 5.11 Å². The number of carboxylic acids is 1. The van der Waals surface area contributed by atoms with Crippen LogP contribution in [0.3, 0.4) is 0 Å². The summed E-state index contributed by atoms with van der Waals surface area (Å²) >= 11 is 0. The lowest BCUT2D eigenvalue weighted by molar-refractivity contribution is -0.137. The lowest BCUT2D eigenvalue weighted by Crippen LogP contribution is -2.44. The minimum absolute atomic E-state index is 0.0610. The van der Waals surface area contributed by atoms with Gasteiger partial charge in [-0.15, -0.1) is 0 Å². The van der Waals surface area contributed by atoms with Crippen molar-refractivity contribution in [2.24, 2.45) is 5.41 Å². The smallest absolute Gasteiger partial charge is 0.317 e. The number of hydrogen-bond donors (Lipinski definition) is 2. The van der Waals surface area contributed by atoms with Crippen LogP contribution in [-0.2, 0) is 4.79 Å². The van der Waals surface area contributed by atoms with Crippen molar-refractivity contribution in [2.45, 2.75) is 40.2 Å². The highest BCUT2D eigenvalue weighted by atomic mass is 16.4. The number of aryl methyl sites for hydroxylation is 1. The predicted octanol–water partition coefficient (Wildman–Crippen LogP) is 3.20. The first-order chi connectivity index (χ1) is 10.1. The Hall–Kier alpha value is -2.04. The summed E-state index contributed by atoms with van der Waals surface area (Å²) in [6, 6.07) is 7.57. The Bertz CT molecular complexity index is 535. The van der Waals surface area contributed by atoms with Gasteiger partial charge >= 0.3 is 12.0 Å². The van der Waals surface area contributed by atoms with Crippen LogP contribution in [0.4, 0.5) is 4.79 Å². The van der Waals surface area contributed by atoms with Crippen LogP contribution in [-0.4, -0.2) is 35.6 Å². The Morgan fingerprint density at radius 1 is 1.27 bits per heavy atom. The summed E-state index contributed by atoms with van der Waals surface area (Å²) in [4.78, 5) is 24.3. The quantitative estimate of drug-likeness (QED) is 0.877. The fourth-order valence-corrected chi connectivity index (χ4v) is 2.27. The van der Waals surface area contributed by atoms with Crippen molar-refractivity contribution in [3.8, 4) is 0 Å². The predicted molar refractivity (Wildman–Crippen MR) is 86.8 cm³/mol. The maximum absolute atomic E-state index is 12.3. The van der Waals surface area contributed by atoms with Gasteiger partial charge in [0.25, 0.3) is 0 Å². The van der Waals surface area contributed by atoms with Gasteiger partial charge in [0.2, 0.25) is 0 Å². The second kappa shape index (κ2) is 7.29. The van der Waals surface area contributed by atoms with Gasteiger partial charge in [0.1, 0.15) is 0 Å². The van der Waals surface area contributed by atoms with Gasteiger partial charge in [-0.2, -0.15) is 0 Å². The zero-order valence-electron chi connectivity index (χ0n) is 14.0. The van der Waals surface area contributed by atoms with Crippen molar-refractivity contribution in [2.75, 3.05) is 13.6 Å². The molecule has 0 fully saturated rings. The lowest BCUT2D eigenvalue weighted by atomic mass is 9.81. The molecule has 0 saturated carbocycles. The average molecular weight is 306 g/mol. The van der Waals surface area contributed by atoms with Crippen LogP contribution >= 0.6 is 0 Å². The molecule has 22 heavy (non-hydrogen) atoms. The lowest BCUT2D eigenvalue weighted by Gasteiger charge is -2.34. The van der Waals surface area contributed by atoms with Gasteiger partial charge in [0, 0.05) is 13.6 Å². The van der Waals surface area contributed by atoms with E-state index in [0.29, 0.717) is 0 Å². The first kappa shape index (κ1) is 18.0. The summed E-state index contributed by atoms with van der Waals surface area (Å²) in [7, 11) is 1.61. The fourth-order valence-electron chi connectivity index (χ4n) is 2.27. The summed E-state index contributed by atoms with van der Waals surface area (Å²) in [5.74, 6) is -0.911. The zero-order chi connectivity index (χ0) is 16.9. The molecule has 0 aliphatic heterocycles. The highest BCUT2D eigenvalue weighted by Crippen LogP contribution is 2.34. The molecule has 2 N–H and O–H groups in total. The molecule has 0 radical (unpaired) electrons. The molecule has 1 atom stereocenters. The Morgan fingerprint density at radius 2 is 1.86 bits per heavy atom. The van der Waals surface area contributed by atoms with Crippen molar-refractivity contribution in [1.29, 1.82) is 0 Å². The van der Waals surface area contributed by atoms with Crippen molar-refractivity contribution in [3.05, 3.63) is 35.4 Å². The van der Waals surface area contributed by atoms with Crippen LogP contribution in [0.1, 0.15) is 44.4 Å². The molecule has 2 amide bonds. The van der Waals surface area contributed by atoms with Crippen LogP contribution in [0.2, 0.25) is 0 Å². The molecular formula is C17H26N2O3. The number of carboxylic acid groups (broad SMARTS) is 1. The number of hydrogen-bond acceptors (Lipinski definition) is 2. The van der Waals surface area contributed by atoms with Crippen molar-refractivity contribution >= 4 is 12.0 Å². The van der Waals surface area contributed by atoms with E-state index in [1.807, 2.05) is 31.2 Å². The minimum atomic E-state index is -0.911. The highest BCUT2D eigenvalue weighted by molar-refractivity contribution is 5.75. The van der Waals surface area contributed by atoms with E-state index in [1.54, 1.807) is 7.05 Å². The number of carbonyl (C=O) groups excluding carboxylic acids is 1. The minimum Gasteiger partial charge on any atom is -0.481 e. The number of benzene rings is 1. The summed E-state index contributed by atoms with van der Waals surface area (Å²) in [5, 5.41) is 11.7. The molecule has 0 aliphatic rings. The molecule has 122 valence electrons. The van der Waals surface area contributed by atoms with Crippen LogP contribution < -0.4 is 5.32 Å². The van der Waals surface area contributed by atoms with E-state index in [0.717, 1.165) is 11.1 Å². The van der Waals surface area contributed by atoms with E-state index < -0.39 is 5.97 Å². The first-order valence-electron chi connectivity index (χ1n) is 7.42. The molecule has 0 aliphatic carbocycles. The van der Waals surface area contributed by atoms with E-state index in [1.165, 1.54) is 4.90 Å². The van der Waals surface area contributed by atoms with Crippen LogP contribution in [0.5, 0.6) is 0 Å². The van der Waals surface area contributed by atoms with E-state index in [-0.39, 0.29) is 30.5 Å². The van der Waals surface area contributed by atoms with E-state index >= 15 is 0 Å². The molecule has 0 aromatic heterocycles. The molecule has 5 heteroatoms. The van der Waals surface area contributed by atoms with Gasteiger partial charge in [-0.25, -0.2) is 4.79 Å². The molecule has 1 unspecified atom stereocenters. The second-order valence-electron chi connectivity index (χ2n) is 6.67. The maximum Gasteiger partial charge on any atom is 0.317 e. The molecule has 0 saturated heterocycles. The number of amides is 2. The van der Waals surface area contributed by atoms with Crippen molar-refractivity contribution < 1.29 is 14.7 Å². The largest absolute Gasteiger partial charge is 0.481 e. The monoisotopic (exact) mass is 306 g/mol. The van der Waals surface area contributed by atoms with Crippen molar-refractivity contribution in [1.82, 2.24) is 10.2 Å². The third-order valence-corrected chi connectivity index (χ3v) is 3.64. The van der Waals surface area contributed by atoms with Gasteiger partial charge in [-0.1, -0.05) is 45.0 Å². The molecule has 0 spiro atoms. The number of aliphatic carboxylic acids is 1.